The van der Waals surface area contributed by atoms with Gasteiger partial charge in [-0.25, -0.2) is 0 Å². The summed E-state index contributed by atoms with van der Waals surface area (Å²) in [5, 5.41) is 10.0. The average Bonchev–Trinajstić information content (AvgIpc) is 3.77. The largest absolute Gasteiger partial charge is 0.455 e. The topological polar surface area (TPSA) is 18.1 Å². The van der Waals surface area contributed by atoms with E-state index in [0.29, 0.717) is 0 Å². The van der Waals surface area contributed by atoms with E-state index in [-0.39, 0.29) is 5.41 Å². The Morgan fingerprint density at radius 1 is 0.469 bits per heavy atom. The highest BCUT2D eigenvalue weighted by molar-refractivity contribution is 6.32. The summed E-state index contributed by atoms with van der Waals surface area (Å²) in [5.74, 6) is 0. The van der Waals surface area contributed by atoms with E-state index < -0.39 is 0 Å². The molecule has 0 N–H and O–H groups in total. The number of para-hydroxylation sites is 2. The predicted molar refractivity (Wildman–Crippen MR) is 206 cm³/mol. The fourth-order valence-electron chi connectivity index (χ4n) is 8.90. The summed E-state index contributed by atoms with van der Waals surface area (Å²) in [6.07, 6.45) is 0. The Morgan fingerprint density at radius 3 is 1.92 bits per heavy atom. The van der Waals surface area contributed by atoms with Gasteiger partial charge in [0, 0.05) is 43.6 Å². The van der Waals surface area contributed by atoms with Crippen LogP contribution in [-0.2, 0) is 5.41 Å². The molecule has 11 rings (SSSR count). The lowest BCUT2D eigenvalue weighted by Crippen LogP contribution is -2.14. The van der Waals surface area contributed by atoms with Crippen molar-refractivity contribution in [3.05, 3.63) is 163 Å². The number of furan rings is 1. The van der Waals surface area contributed by atoms with Crippen LogP contribution in [0.15, 0.2) is 156 Å². The third-order valence-electron chi connectivity index (χ3n) is 11.2. The molecule has 0 saturated carbocycles. The molecule has 0 aliphatic heterocycles. The molecule has 0 bridgehead atoms. The number of hydrogen-bond donors (Lipinski definition) is 0. The Morgan fingerprint density at radius 2 is 1.10 bits per heavy atom. The first-order chi connectivity index (χ1) is 24.1. The van der Waals surface area contributed by atoms with Gasteiger partial charge in [0.1, 0.15) is 11.2 Å². The quantitative estimate of drug-likeness (QED) is 0.175. The van der Waals surface area contributed by atoms with E-state index in [0.717, 1.165) is 38.8 Å². The van der Waals surface area contributed by atoms with E-state index >= 15 is 0 Å². The van der Waals surface area contributed by atoms with E-state index in [9.17, 15) is 0 Å². The van der Waals surface area contributed by atoms with Gasteiger partial charge in [0.15, 0.2) is 0 Å². The summed E-state index contributed by atoms with van der Waals surface area (Å²) in [5.41, 5.74) is 13.1. The van der Waals surface area contributed by atoms with Crippen molar-refractivity contribution in [2.24, 2.45) is 0 Å². The molecule has 2 heteroatoms. The molecule has 1 aliphatic rings. The van der Waals surface area contributed by atoms with Gasteiger partial charge in [0.25, 0.3) is 0 Å². The lowest BCUT2D eigenvalue weighted by Gasteiger charge is -2.21. The Kier molecular flexibility index (Phi) is 5.21. The molecule has 0 amide bonds. The minimum Gasteiger partial charge on any atom is -0.455 e. The number of rotatable bonds is 2. The fraction of sp³-hybridized carbons (Fsp3) is 0.0638. The van der Waals surface area contributed by atoms with Crippen LogP contribution in [0.5, 0.6) is 0 Å². The Labute approximate surface area is 283 Å². The number of fused-ring (bicyclic) bond motifs is 14. The van der Waals surface area contributed by atoms with Crippen molar-refractivity contribution in [1.82, 2.24) is 4.57 Å². The van der Waals surface area contributed by atoms with E-state index in [2.05, 4.69) is 164 Å². The molecular formula is C47H31NO. The van der Waals surface area contributed by atoms with Gasteiger partial charge in [-0.05, 0) is 74.3 Å². The van der Waals surface area contributed by atoms with E-state index in [1.165, 1.54) is 65.6 Å². The number of hydrogen-bond acceptors (Lipinski definition) is 1. The van der Waals surface area contributed by atoms with Crippen molar-refractivity contribution in [1.29, 1.82) is 0 Å². The molecule has 1 aliphatic carbocycles. The zero-order chi connectivity index (χ0) is 32.4. The standard InChI is InChI=1S/C47H31NO/c1-47(2)40-20-9-7-14-33(40)38-26-39-42(27-41(38)47)48(45-36-17-6-4-13-32(36)31-12-3-5-16-35(31)44(39)45)29-24-22-28(23-25-29)30-18-11-19-37-34-15-8-10-21-43(34)49-46(30)37/h3-27H,1-2H3. The lowest BCUT2D eigenvalue weighted by molar-refractivity contribution is 0.661. The second kappa shape index (κ2) is 9.49. The molecule has 0 radical (unpaired) electrons. The van der Waals surface area contributed by atoms with Crippen LogP contribution in [0.3, 0.4) is 0 Å². The number of benzene rings is 8. The third-order valence-corrected chi connectivity index (χ3v) is 11.2. The normalized spacial score (nSPS) is 13.7. The first-order valence-corrected chi connectivity index (χ1v) is 17.1. The third kappa shape index (κ3) is 3.50. The molecule has 2 nitrogen and oxygen atoms in total. The van der Waals surface area contributed by atoms with E-state index in [1.807, 2.05) is 6.07 Å². The summed E-state index contributed by atoms with van der Waals surface area (Å²) in [7, 11) is 0. The molecule has 10 aromatic rings. The molecule has 8 aromatic carbocycles. The second-order valence-electron chi connectivity index (χ2n) is 14.1. The van der Waals surface area contributed by atoms with Crippen LogP contribution in [0, 0.1) is 0 Å². The van der Waals surface area contributed by atoms with Crippen LogP contribution in [0.25, 0.3) is 93.2 Å². The van der Waals surface area contributed by atoms with Gasteiger partial charge in [0.05, 0.1) is 11.0 Å². The maximum Gasteiger partial charge on any atom is 0.143 e. The summed E-state index contributed by atoms with van der Waals surface area (Å²) in [4.78, 5) is 0. The van der Waals surface area contributed by atoms with Gasteiger partial charge in [-0.15, -0.1) is 0 Å². The molecule has 49 heavy (non-hydrogen) atoms. The van der Waals surface area contributed by atoms with Crippen LogP contribution >= 0.6 is 0 Å². The van der Waals surface area contributed by atoms with Crippen molar-refractivity contribution >= 4 is 65.3 Å². The van der Waals surface area contributed by atoms with Crippen LogP contribution < -0.4 is 0 Å². The molecular weight excluding hydrogens is 595 g/mol. The zero-order valence-corrected chi connectivity index (χ0v) is 27.3. The van der Waals surface area contributed by atoms with Gasteiger partial charge in [-0.3, -0.25) is 0 Å². The molecule has 0 saturated heterocycles. The maximum absolute atomic E-state index is 6.43. The number of nitrogens with zero attached hydrogens (tertiary/aromatic N) is 1. The molecule has 0 fully saturated rings. The van der Waals surface area contributed by atoms with Crippen molar-refractivity contribution in [2.45, 2.75) is 19.3 Å². The molecule has 2 heterocycles. The van der Waals surface area contributed by atoms with E-state index in [1.54, 1.807) is 0 Å². The van der Waals surface area contributed by atoms with Crippen LogP contribution in [0.2, 0.25) is 0 Å². The predicted octanol–water partition coefficient (Wildman–Crippen LogP) is 13.0. The first kappa shape index (κ1) is 26.9. The lowest BCUT2D eigenvalue weighted by atomic mass is 9.82. The minimum absolute atomic E-state index is 0.0966. The smallest absolute Gasteiger partial charge is 0.143 e. The highest BCUT2D eigenvalue weighted by Crippen LogP contribution is 2.52. The minimum atomic E-state index is -0.0966. The Bertz CT molecular complexity index is 3010. The van der Waals surface area contributed by atoms with Crippen LogP contribution in [0.1, 0.15) is 25.0 Å². The zero-order valence-electron chi connectivity index (χ0n) is 27.3. The van der Waals surface area contributed by atoms with Crippen molar-refractivity contribution < 1.29 is 4.42 Å². The highest BCUT2D eigenvalue weighted by atomic mass is 16.3. The Hall–Kier alpha value is -6.12. The first-order valence-electron chi connectivity index (χ1n) is 17.1. The molecule has 0 spiro atoms. The average molecular weight is 626 g/mol. The Balaban J connectivity index is 1.23. The SMILES string of the molecule is CC1(C)c2ccccc2-c2cc3c4c5ccccc5c5ccccc5c4n(-c4ccc(-c5cccc6c5oc5ccccc56)cc4)c3cc21. The highest BCUT2D eigenvalue weighted by Gasteiger charge is 2.36. The van der Waals surface area contributed by atoms with E-state index in [4.69, 9.17) is 4.42 Å². The molecule has 0 atom stereocenters. The van der Waals surface area contributed by atoms with Gasteiger partial charge >= 0.3 is 0 Å². The van der Waals surface area contributed by atoms with Gasteiger partial charge in [-0.2, -0.15) is 0 Å². The second-order valence-corrected chi connectivity index (χ2v) is 14.1. The summed E-state index contributed by atoms with van der Waals surface area (Å²) in [6, 6.07) is 55.6. The number of aromatic nitrogens is 1. The van der Waals surface area contributed by atoms with Crippen LogP contribution in [-0.4, -0.2) is 4.57 Å². The summed E-state index contributed by atoms with van der Waals surface area (Å²) >= 11 is 0. The monoisotopic (exact) mass is 625 g/mol. The van der Waals surface area contributed by atoms with Gasteiger partial charge in [0.2, 0.25) is 0 Å². The maximum atomic E-state index is 6.43. The van der Waals surface area contributed by atoms with Gasteiger partial charge < -0.3 is 8.98 Å². The summed E-state index contributed by atoms with van der Waals surface area (Å²) in [6.45, 7) is 4.74. The molecule has 2 aromatic heterocycles. The van der Waals surface area contributed by atoms with Crippen molar-refractivity contribution in [3.8, 4) is 27.9 Å². The van der Waals surface area contributed by atoms with Crippen molar-refractivity contribution in [2.75, 3.05) is 0 Å². The summed E-state index contributed by atoms with van der Waals surface area (Å²) < 4.78 is 8.95. The molecule has 0 unspecified atom stereocenters. The van der Waals surface area contributed by atoms with Crippen molar-refractivity contribution in [3.63, 3.8) is 0 Å². The fourth-order valence-corrected chi connectivity index (χ4v) is 8.90. The van der Waals surface area contributed by atoms with Crippen LogP contribution in [0.4, 0.5) is 0 Å². The van der Waals surface area contributed by atoms with Gasteiger partial charge in [-0.1, -0.05) is 135 Å². The molecule has 230 valence electrons.